The van der Waals surface area contributed by atoms with Crippen molar-refractivity contribution in [2.24, 2.45) is 56.2 Å². The molecule has 9 nitrogen and oxygen atoms in total. The lowest BCUT2D eigenvalue weighted by Crippen LogP contribution is -2.65. The molecule has 1 aliphatic heterocycles. The smallest absolute Gasteiger partial charge is 0.335 e. The second-order valence-corrected chi connectivity index (χ2v) is 17.5. The molecule has 4 bridgehead atoms. The molecule has 0 aromatic rings. The average molecular weight is 617 g/mol. The number of carbonyl (C=O) groups excluding carboxylic acids is 1. The number of esters is 1. The van der Waals surface area contributed by atoms with Gasteiger partial charge < -0.3 is 35.0 Å². The largest absolute Gasteiger partial charge is 0.479 e. The summed E-state index contributed by atoms with van der Waals surface area (Å²) < 4.78 is 11.2. The summed E-state index contributed by atoms with van der Waals surface area (Å²) in [6, 6.07) is 0. The summed E-state index contributed by atoms with van der Waals surface area (Å²) in [5.41, 5.74) is 0.470. The Morgan fingerprint density at radius 3 is 2.23 bits per heavy atom. The van der Waals surface area contributed by atoms with Crippen molar-refractivity contribution in [2.45, 2.75) is 136 Å². The molecular weight excluding hydrogens is 564 g/mol. The van der Waals surface area contributed by atoms with Gasteiger partial charge in [-0.15, -0.1) is 0 Å². The van der Waals surface area contributed by atoms with E-state index in [4.69, 9.17) is 9.47 Å². The highest BCUT2D eigenvalue weighted by molar-refractivity contribution is 5.81. The van der Waals surface area contributed by atoms with Crippen molar-refractivity contribution in [1.29, 1.82) is 0 Å². The van der Waals surface area contributed by atoms with Gasteiger partial charge in [-0.3, -0.25) is 4.79 Å². The zero-order valence-corrected chi connectivity index (χ0v) is 27.1. The number of allylic oxidation sites excluding steroid dienone is 2. The number of hydrogen-bond donors (Lipinski definition) is 5. The third-order valence-electron chi connectivity index (χ3n) is 15.8. The molecule has 0 aromatic carbocycles. The molecule has 6 fully saturated rings. The number of carbonyl (C=O) groups is 2. The summed E-state index contributed by atoms with van der Waals surface area (Å²) in [4.78, 5) is 26.1. The summed E-state index contributed by atoms with van der Waals surface area (Å²) >= 11 is 0. The highest BCUT2D eigenvalue weighted by atomic mass is 16.7. The molecule has 0 radical (unpaired) electrons. The molecule has 246 valence electrons. The van der Waals surface area contributed by atoms with Gasteiger partial charge in [0.15, 0.2) is 6.10 Å². The molecule has 5 N–H and O–H groups in total. The summed E-state index contributed by atoms with van der Waals surface area (Å²) in [5.74, 6) is -1.01. The topological polar surface area (TPSA) is 154 Å². The van der Waals surface area contributed by atoms with Crippen molar-refractivity contribution >= 4 is 11.9 Å². The van der Waals surface area contributed by atoms with E-state index in [2.05, 4.69) is 47.6 Å². The first-order chi connectivity index (χ1) is 20.4. The lowest BCUT2D eigenvalue weighted by molar-refractivity contribution is -0.290. The van der Waals surface area contributed by atoms with Gasteiger partial charge in [-0.2, -0.15) is 0 Å². The Morgan fingerprint density at radius 2 is 1.55 bits per heavy atom. The minimum absolute atomic E-state index is 0.0167. The third-order valence-corrected chi connectivity index (χ3v) is 15.8. The van der Waals surface area contributed by atoms with E-state index >= 15 is 0 Å². The highest BCUT2D eigenvalue weighted by Gasteiger charge is 2.77. The molecule has 0 amide bonds. The summed E-state index contributed by atoms with van der Waals surface area (Å²) in [7, 11) is 0. The number of rotatable bonds is 3. The number of hydrogen-bond acceptors (Lipinski definition) is 8. The number of fused-ring (bicyclic) bond motifs is 6. The van der Waals surface area contributed by atoms with Crippen LogP contribution in [0, 0.1) is 56.2 Å². The van der Waals surface area contributed by atoms with Crippen LogP contribution in [-0.2, 0) is 19.1 Å². The SMILES string of the molecule is CC1(C)[C@H]2CC[C@]3(C)[C@@H](CC=C4[C@@H]5C[C@@]6(C)CC[C@]5(C(=O)O[C@H]5O[C@H](C(=O)O)[C@@H](O)[C@@H](O)[C@@H]5O)[C@H]6C[C@]43C)[C@@]2(C)CC[C@@H]1O. The van der Waals surface area contributed by atoms with E-state index in [1.165, 1.54) is 5.57 Å². The minimum atomic E-state index is -1.84. The van der Waals surface area contributed by atoms with Gasteiger partial charge in [0, 0.05) is 0 Å². The molecule has 7 rings (SSSR count). The fraction of sp³-hybridized carbons (Fsp3) is 0.886. The maximum absolute atomic E-state index is 14.4. The van der Waals surface area contributed by atoms with E-state index in [1.807, 2.05) is 0 Å². The van der Waals surface area contributed by atoms with Crippen LogP contribution >= 0.6 is 0 Å². The lowest BCUT2D eigenvalue weighted by Gasteiger charge is -2.70. The van der Waals surface area contributed by atoms with Gasteiger partial charge in [0.25, 0.3) is 0 Å². The molecule has 44 heavy (non-hydrogen) atoms. The predicted molar refractivity (Wildman–Crippen MR) is 159 cm³/mol. The van der Waals surface area contributed by atoms with E-state index in [9.17, 15) is 35.1 Å². The van der Waals surface area contributed by atoms with Crippen LogP contribution in [0.5, 0.6) is 0 Å². The van der Waals surface area contributed by atoms with Crippen molar-refractivity contribution in [3.63, 3.8) is 0 Å². The number of carboxylic acid groups (broad SMARTS) is 1. The molecule has 7 aliphatic rings. The average Bonchev–Trinajstić information content (AvgIpc) is 3.33. The van der Waals surface area contributed by atoms with E-state index in [-0.39, 0.29) is 45.0 Å². The molecular formula is C35H52O9. The molecule has 0 unspecified atom stereocenters. The van der Waals surface area contributed by atoms with Gasteiger partial charge >= 0.3 is 11.9 Å². The van der Waals surface area contributed by atoms with Crippen LogP contribution in [0.15, 0.2) is 11.6 Å². The Bertz CT molecular complexity index is 1290. The predicted octanol–water partition coefficient (Wildman–Crippen LogP) is 3.80. The number of aliphatic hydroxyl groups excluding tert-OH is 4. The second kappa shape index (κ2) is 9.30. The van der Waals surface area contributed by atoms with Crippen molar-refractivity contribution in [1.82, 2.24) is 0 Å². The van der Waals surface area contributed by atoms with Crippen LogP contribution < -0.4 is 0 Å². The Balaban J connectivity index is 1.23. The van der Waals surface area contributed by atoms with Crippen LogP contribution in [0.2, 0.25) is 0 Å². The first-order valence-corrected chi connectivity index (χ1v) is 16.9. The van der Waals surface area contributed by atoms with Gasteiger partial charge in [0.05, 0.1) is 11.5 Å². The molecule has 1 saturated heterocycles. The molecule has 1 heterocycles. The van der Waals surface area contributed by atoms with Crippen molar-refractivity contribution < 1.29 is 44.6 Å². The van der Waals surface area contributed by atoms with E-state index in [0.717, 1.165) is 51.4 Å². The monoisotopic (exact) mass is 616 g/mol. The first kappa shape index (κ1) is 31.1. The number of ether oxygens (including phenoxy) is 2. The molecule has 6 aliphatic carbocycles. The van der Waals surface area contributed by atoms with Crippen LogP contribution in [0.1, 0.15) is 99.3 Å². The third kappa shape index (κ3) is 3.54. The van der Waals surface area contributed by atoms with Crippen molar-refractivity contribution in [2.75, 3.05) is 0 Å². The maximum atomic E-state index is 14.4. The van der Waals surface area contributed by atoms with Crippen LogP contribution in [0.4, 0.5) is 0 Å². The van der Waals surface area contributed by atoms with Gasteiger partial charge in [-0.25, -0.2) is 4.79 Å². The fourth-order valence-corrected chi connectivity index (χ4v) is 13.2. The number of carboxylic acids is 1. The van der Waals surface area contributed by atoms with E-state index < -0.39 is 48.1 Å². The van der Waals surface area contributed by atoms with Crippen molar-refractivity contribution in [3.8, 4) is 0 Å². The Labute approximate surface area is 260 Å². The molecule has 15 atom stereocenters. The van der Waals surface area contributed by atoms with Gasteiger partial charge in [0.1, 0.15) is 18.3 Å². The lowest BCUT2D eigenvalue weighted by atomic mass is 9.34. The normalized spacial score (nSPS) is 57.0. The number of aliphatic carboxylic acids is 1. The Morgan fingerprint density at radius 1 is 0.841 bits per heavy atom. The molecule has 0 aromatic heterocycles. The van der Waals surface area contributed by atoms with Gasteiger partial charge in [0.2, 0.25) is 6.29 Å². The highest BCUT2D eigenvalue weighted by Crippen LogP contribution is 2.82. The van der Waals surface area contributed by atoms with Crippen LogP contribution in [0.25, 0.3) is 0 Å². The maximum Gasteiger partial charge on any atom is 0.335 e. The van der Waals surface area contributed by atoms with Gasteiger partial charge in [-0.1, -0.05) is 53.2 Å². The second-order valence-electron chi connectivity index (χ2n) is 17.5. The summed E-state index contributed by atoms with van der Waals surface area (Å²) in [6.45, 7) is 14.3. The van der Waals surface area contributed by atoms with Crippen LogP contribution in [0.3, 0.4) is 0 Å². The fourth-order valence-electron chi connectivity index (χ4n) is 13.2. The van der Waals surface area contributed by atoms with Crippen LogP contribution in [-0.4, -0.2) is 74.3 Å². The zero-order chi connectivity index (χ0) is 32.0. The summed E-state index contributed by atoms with van der Waals surface area (Å²) in [6.07, 6.45) is 1.59. The Hall–Kier alpha value is -1.52. The van der Waals surface area contributed by atoms with E-state index in [1.54, 1.807) is 0 Å². The number of aliphatic hydroxyl groups is 4. The standard InChI is InChI=1S/C35H52O9/c1-30(2)19-9-12-33(5)20(32(19,4)11-10-22(30)36)8-7-17-18-15-31(3)13-14-35(18,21(31)16-34(17,33)6)29(42)44-28-25(39)23(37)24(38)26(43-28)27(40)41/h7,18-26,28,36-39H,8-16H2,1-6H3,(H,40,41)/t18-,19+,20-,21-,22-,23+,24-,25-,26-,28+,31+,32-,33+,34+,35+/m0/s1. The molecule has 9 heteroatoms. The van der Waals surface area contributed by atoms with Gasteiger partial charge in [-0.05, 0) is 109 Å². The van der Waals surface area contributed by atoms with Crippen molar-refractivity contribution in [3.05, 3.63) is 11.6 Å². The Kier molecular flexibility index (Phi) is 6.57. The molecule has 0 spiro atoms. The summed E-state index contributed by atoms with van der Waals surface area (Å²) in [5, 5.41) is 51.7. The zero-order valence-electron chi connectivity index (χ0n) is 27.1. The first-order valence-electron chi connectivity index (χ1n) is 16.9. The molecule has 5 saturated carbocycles. The quantitative estimate of drug-likeness (QED) is 0.235. The minimum Gasteiger partial charge on any atom is -0.479 e. The van der Waals surface area contributed by atoms with E-state index in [0.29, 0.717) is 18.3 Å².